The van der Waals surface area contributed by atoms with Crippen LogP contribution < -0.4 is 9.46 Å². The van der Waals surface area contributed by atoms with Crippen LogP contribution in [0.3, 0.4) is 0 Å². The molecule has 3 aromatic carbocycles. The van der Waals surface area contributed by atoms with E-state index in [1.165, 1.54) is 19.2 Å². The lowest BCUT2D eigenvalue weighted by molar-refractivity contribution is 0.103. The van der Waals surface area contributed by atoms with Gasteiger partial charge in [-0.05, 0) is 63.9 Å². The van der Waals surface area contributed by atoms with E-state index in [4.69, 9.17) is 4.74 Å². The Bertz CT molecular complexity index is 1210. The number of carbonyl (C=O) groups excluding carboxylic acids is 1. The van der Waals surface area contributed by atoms with E-state index in [1.807, 2.05) is 34.7 Å². The first-order chi connectivity index (χ1) is 14.5. The maximum Gasteiger partial charge on any atom is 0.261 e. The SMILES string of the molecule is COc1ccc(S(=O)(=O)Nc2cccc(C(=O)c3ccc(C(C)(C)C)cc3)c2)cc1I. The molecular weight excluding hydrogens is 525 g/mol. The fourth-order valence-corrected chi connectivity index (χ4v) is 5.06. The quantitative estimate of drug-likeness (QED) is 0.320. The van der Waals surface area contributed by atoms with Gasteiger partial charge in [0.1, 0.15) is 5.75 Å². The lowest BCUT2D eigenvalue weighted by atomic mass is 9.86. The Morgan fingerprint density at radius 1 is 0.935 bits per heavy atom. The number of sulfonamides is 1. The normalized spacial score (nSPS) is 11.8. The summed E-state index contributed by atoms with van der Waals surface area (Å²) in [6.45, 7) is 6.34. The van der Waals surface area contributed by atoms with Crippen LogP contribution in [0.5, 0.6) is 5.75 Å². The number of carbonyl (C=O) groups is 1. The van der Waals surface area contributed by atoms with Gasteiger partial charge < -0.3 is 4.74 Å². The predicted octanol–water partition coefficient (Wildman–Crippen LogP) is 5.63. The fraction of sp³-hybridized carbons (Fsp3) is 0.208. The van der Waals surface area contributed by atoms with Crippen LogP contribution in [0, 0.1) is 3.57 Å². The van der Waals surface area contributed by atoms with Crippen molar-refractivity contribution in [3.8, 4) is 5.75 Å². The molecule has 3 rings (SSSR count). The van der Waals surface area contributed by atoms with E-state index >= 15 is 0 Å². The predicted molar refractivity (Wildman–Crippen MR) is 132 cm³/mol. The molecule has 0 fully saturated rings. The standard InChI is InChI=1S/C24H24INO4S/c1-24(2,3)18-10-8-16(9-11-18)23(27)17-6-5-7-19(14-17)26-31(28,29)20-12-13-22(30-4)21(25)15-20/h5-15,26H,1-4H3. The lowest BCUT2D eigenvalue weighted by Crippen LogP contribution is -2.14. The minimum Gasteiger partial charge on any atom is -0.496 e. The maximum absolute atomic E-state index is 12.9. The van der Waals surface area contributed by atoms with E-state index in [1.54, 1.807) is 42.5 Å². The van der Waals surface area contributed by atoms with Crippen molar-refractivity contribution in [2.75, 3.05) is 11.8 Å². The van der Waals surface area contributed by atoms with Crippen LogP contribution in [-0.2, 0) is 15.4 Å². The highest BCUT2D eigenvalue weighted by atomic mass is 127. The van der Waals surface area contributed by atoms with Crippen molar-refractivity contribution in [3.05, 3.63) is 87.0 Å². The molecule has 7 heteroatoms. The molecule has 0 aliphatic heterocycles. The number of ketones is 1. The third-order valence-corrected chi connectivity index (χ3v) is 7.05. The van der Waals surface area contributed by atoms with Gasteiger partial charge in [0.15, 0.2) is 5.78 Å². The first-order valence-electron chi connectivity index (χ1n) is 9.63. The number of benzene rings is 3. The first kappa shape index (κ1) is 23.3. The Kier molecular flexibility index (Phi) is 6.76. The van der Waals surface area contributed by atoms with Crippen LogP contribution >= 0.6 is 22.6 Å². The molecule has 0 amide bonds. The van der Waals surface area contributed by atoms with E-state index in [0.29, 0.717) is 26.1 Å². The smallest absolute Gasteiger partial charge is 0.261 e. The second-order valence-corrected chi connectivity index (χ2v) is 11.0. The van der Waals surface area contributed by atoms with Crippen molar-refractivity contribution in [1.82, 2.24) is 0 Å². The second kappa shape index (κ2) is 9.00. The van der Waals surface area contributed by atoms with Gasteiger partial charge in [0.05, 0.1) is 15.6 Å². The summed E-state index contributed by atoms with van der Waals surface area (Å²) in [5.74, 6) is 0.435. The molecular formula is C24H24INO4S. The maximum atomic E-state index is 12.9. The van der Waals surface area contributed by atoms with Crippen LogP contribution in [-0.4, -0.2) is 21.3 Å². The van der Waals surface area contributed by atoms with Crippen LogP contribution in [0.1, 0.15) is 42.3 Å². The summed E-state index contributed by atoms with van der Waals surface area (Å²) in [4.78, 5) is 13.0. The van der Waals surface area contributed by atoms with Crippen molar-refractivity contribution >= 4 is 44.1 Å². The van der Waals surface area contributed by atoms with Gasteiger partial charge in [0, 0.05) is 16.8 Å². The molecule has 0 aromatic heterocycles. The van der Waals surface area contributed by atoms with Gasteiger partial charge in [-0.15, -0.1) is 0 Å². The van der Waals surface area contributed by atoms with E-state index < -0.39 is 10.0 Å². The highest BCUT2D eigenvalue weighted by Gasteiger charge is 2.18. The molecule has 5 nitrogen and oxygen atoms in total. The molecule has 1 N–H and O–H groups in total. The van der Waals surface area contributed by atoms with Crippen LogP contribution in [0.4, 0.5) is 5.69 Å². The third kappa shape index (κ3) is 5.46. The highest BCUT2D eigenvalue weighted by molar-refractivity contribution is 14.1. The Labute approximate surface area is 197 Å². The van der Waals surface area contributed by atoms with E-state index in [-0.39, 0.29) is 16.1 Å². The molecule has 0 saturated carbocycles. The highest BCUT2D eigenvalue weighted by Crippen LogP contribution is 2.26. The molecule has 0 heterocycles. The molecule has 0 aliphatic rings. The average molecular weight is 549 g/mol. The zero-order chi connectivity index (χ0) is 22.8. The summed E-state index contributed by atoms with van der Waals surface area (Å²) in [5.41, 5.74) is 2.42. The van der Waals surface area contributed by atoms with E-state index in [0.717, 1.165) is 5.56 Å². The summed E-state index contributed by atoms with van der Waals surface area (Å²) in [7, 11) is -2.28. The topological polar surface area (TPSA) is 72.5 Å². The minimum atomic E-state index is -3.81. The number of anilines is 1. The number of hydrogen-bond donors (Lipinski definition) is 1. The number of rotatable bonds is 6. The molecule has 0 aliphatic carbocycles. The molecule has 0 bridgehead atoms. The van der Waals surface area contributed by atoms with Gasteiger partial charge >= 0.3 is 0 Å². The van der Waals surface area contributed by atoms with Crippen molar-refractivity contribution in [3.63, 3.8) is 0 Å². The number of nitrogens with one attached hydrogen (secondary N) is 1. The van der Waals surface area contributed by atoms with Crippen LogP contribution in [0.25, 0.3) is 0 Å². The van der Waals surface area contributed by atoms with Crippen molar-refractivity contribution in [2.24, 2.45) is 0 Å². The lowest BCUT2D eigenvalue weighted by Gasteiger charge is -2.19. The van der Waals surface area contributed by atoms with Gasteiger partial charge in [0.25, 0.3) is 10.0 Å². The van der Waals surface area contributed by atoms with E-state index in [9.17, 15) is 13.2 Å². The monoisotopic (exact) mass is 549 g/mol. The Morgan fingerprint density at radius 3 is 2.19 bits per heavy atom. The number of halogens is 1. The van der Waals surface area contributed by atoms with Gasteiger partial charge in [0.2, 0.25) is 0 Å². The average Bonchev–Trinajstić information content (AvgIpc) is 2.72. The Hall–Kier alpha value is -2.39. The van der Waals surface area contributed by atoms with Crippen molar-refractivity contribution in [1.29, 1.82) is 0 Å². The van der Waals surface area contributed by atoms with Crippen molar-refractivity contribution < 1.29 is 17.9 Å². The van der Waals surface area contributed by atoms with Crippen LogP contribution in [0.15, 0.2) is 71.6 Å². The van der Waals surface area contributed by atoms with Gasteiger partial charge in [-0.3, -0.25) is 9.52 Å². The zero-order valence-corrected chi connectivity index (χ0v) is 20.7. The van der Waals surface area contributed by atoms with Gasteiger partial charge in [-0.1, -0.05) is 57.2 Å². The van der Waals surface area contributed by atoms with Gasteiger partial charge in [-0.25, -0.2) is 8.42 Å². The molecule has 31 heavy (non-hydrogen) atoms. The van der Waals surface area contributed by atoms with E-state index in [2.05, 4.69) is 25.5 Å². The van der Waals surface area contributed by atoms with Gasteiger partial charge in [-0.2, -0.15) is 0 Å². The molecule has 0 saturated heterocycles. The number of ether oxygens (including phenoxy) is 1. The number of methoxy groups -OCH3 is 1. The summed E-state index contributed by atoms with van der Waals surface area (Å²) >= 11 is 2.02. The third-order valence-electron chi connectivity index (χ3n) is 4.82. The molecule has 3 aromatic rings. The molecule has 0 radical (unpaired) electrons. The second-order valence-electron chi connectivity index (χ2n) is 8.14. The minimum absolute atomic E-state index is 0.000946. The summed E-state index contributed by atoms with van der Waals surface area (Å²) in [6.07, 6.45) is 0. The zero-order valence-electron chi connectivity index (χ0n) is 17.8. The summed E-state index contributed by atoms with van der Waals surface area (Å²) in [5, 5.41) is 0. The van der Waals surface area contributed by atoms with Crippen LogP contribution in [0.2, 0.25) is 0 Å². The Morgan fingerprint density at radius 2 is 1.61 bits per heavy atom. The summed E-state index contributed by atoms with van der Waals surface area (Å²) in [6, 6.07) is 18.6. The Balaban J connectivity index is 1.84. The molecule has 0 spiro atoms. The molecule has 0 atom stereocenters. The fourth-order valence-electron chi connectivity index (χ4n) is 3.04. The largest absolute Gasteiger partial charge is 0.496 e. The molecule has 162 valence electrons. The summed E-state index contributed by atoms with van der Waals surface area (Å²) < 4.78 is 34.0. The first-order valence-corrected chi connectivity index (χ1v) is 12.2. The van der Waals surface area contributed by atoms with Crippen molar-refractivity contribution in [2.45, 2.75) is 31.1 Å². The number of hydrogen-bond acceptors (Lipinski definition) is 4. The molecule has 0 unspecified atom stereocenters.